The van der Waals surface area contributed by atoms with E-state index in [-0.39, 0.29) is 5.82 Å². The van der Waals surface area contributed by atoms with E-state index < -0.39 is 0 Å². The average molecular weight is 176 g/mol. The van der Waals surface area contributed by atoms with Crippen LogP contribution in [0.4, 0.5) is 4.39 Å². The lowest BCUT2D eigenvalue weighted by atomic mass is 10.0. The fraction of sp³-hybridized carbons (Fsp3) is 0.167. The van der Waals surface area contributed by atoms with Crippen molar-refractivity contribution in [3.8, 4) is 0 Å². The minimum Gasteiger partial charge on any atom is -0.207 e. The second-order valence-electron chi connectivity index (χ2n) is 3.00. The summed E-state index contributed by atoms with van der Waals surface area (Å²) < 4.78 is 13.1. The zero-order chi connectivity index (χ0) is 9.84. The molecule has 1 rings (SSSR count). The number of halogens is 1. The number of allylic oxidation sites excluding steroid dienone is 3. The topological polar surface area (TPSA) is 0 Å². The Bertz CT molecular complexity index is 348. The standard InChI is InChI=1S/C12H13F/c1-4-6-9(2)11-7-5-8-12(13)10(11)3/h4-8H,1H2,2-3H3/b9-6-. The summed E-state index contributed by atoms with van der Waals surface area (Å²) in [5.41, 5.74) is 2.67. The molecular formula is C12H13F. The van der Waals surface area contributed by atoms with E-state index in [4.69, 9.17) is 0 Å². The Morgan fingerprint density at radius 3 is 2.77 bits per heavy atom. The van der Waals surface area contributed by atoms with Crippen molar-refractivity contribution in [2.24, 2.45) is 0 Å². The van der Waals surface area contributed by atoms with Crippen LogP contribution in [0.25, 0.3) is 5.57 Å². The van der Waals surface area contributed by atoms with Gasteiger partial charge in [-0.25, -0.2) is 4.39 Å². The molecule has 68 valence electrons. The number of hydrogen-bond acceptors (Lipinski definition) is 0. The lowest BCUT2D eigenvalue weighted by molar-refractivity contribution is 0.618. The second kappa shape index (κ2) is 4.04. The van der Waals surface area contributed by atoms with E-state index in [1.165, 1.54) is 6.07 Å². The minimum absolute atomic E-state index is 0.158. The van der Waals surface area contributed by atoms with Crippen molar-refractivity contribution in [1.29, 1.82) is 0 Å². The molecule has 0 aliphatic carbocycles. The van der Waals surface area contributed by atoms with Gasteiger partial charge in [-0.2, -0.15) is 0 Å². The van der Waals surface area contributed by atoms with Gasteiger partial charge in [-0.1, -0.05) is 30.9 Å². The quantitative estimate of drug-likeness (QED) is 0.602. The highest BCUT2D eigenvalue weighted by atomic mass is 19.1. The fourth-order valence-electron chi connectivity index (χ4n) is 1.30. The lowest BCUT2D eigenvalue weighted by Gasteiger charge is -2.05. The number of hydrogen-bond donors (Lipinski definition) is 0. The van der Waals surface area contributed by atoms with Gasteiger partial charge in [0.2, 0.25) is 0 Å². The molecule has 0 atom stereocenters. The van der Waals surface area contributed by atoms with Crippen LogP contribution in [-0.2, 0) is 0 Å². The van der Waals surface area contributed by atoms with Crippen LogP contribution in [0.15, 0.2) is 36.9 Å². The van der Waals surface area contributed by atoms with Gasteiger partial charge in [0, 0.05) is 0 Å². The smallest absolute Gasteiger partial charge is 0.126 e. The maximum Gasteiger partial charge on any atom is 0.126 e. The molecule has 0 spiro atoms. The maximum atomic E-state index is 13.1. The minimum atomic E-state index is -0.158. The average Bonchev–Trinajstić information content (AvgIpc) is 2.10. The first-order chi connectivity index (χ1) is 6.16. The van der Waals surface area contributed by atoms with Crippen LogP contribution in [-0.4, -0.2) is 0 Å². The molecule has 0 heterocycles. The Kier molecular flexibility index (Phi) is 3.02. The van der Waals surface area contributed by atoms with Gasteiger partial charge in [-0.05, 0) is 36.6 Å². The van der Waals surface area contributed by atoms with Gasteiger partial charge >= 0.3 is 0 Å². The third kappa shape index (κ3) is 2.05. The molecule has 0 N–H and O–H groups in total. The molecular weight excluding hydrogens is 163 g/mol. The first-order valence-electron chi connectivity index (χ1n) is 4.21. The highest BCUT2D eigenvalue weighted by Crippen LogP contribution is 2.20. The number of rotatable bonds is 2. The SMILES string of the molecule is C=C/C=C(/C)c1cccc(F)c1C. The molecule has 0 nitrogen and oxygen atoms in total. The highest BCUT2D eigenvalue weighted by Gasteiger charge is 2.03. The Balaban J connectivity index is 3.22. The largest absolute Gasteiger partial charge is 0.207 e. The third-order valence-corrected chi connectivity index (χ3v) is 2.06. The van der Waals surface area contributed by atoms with E-state index >= 15 is 0 Å². The molecule has 0 bridgehead atoms. The van der Waals surface area contributed by atoms with Crippen molar-refractivity contribution in [3.63, 3.8) is 0 Å². The molecule has 0 radical (unpaired) electrons. The molecule has 0 aromatic heterocycles. The fourth-order valence-corrected chi connectivity index (χ4v) is 1.30. The van der Waals surface area contributed by atoms with E-state index in [1.54, 1.807) is 19.1 Å². The molecule has 13 heavy (non-hydrogen) atoms. The molecule has 0 saturated heterocycles. The summed E-state index contributed by atoms with van der Waals surface area (Å²) >= 11 is 0. The van der Waals surface area contributed by atoms with E-state index in [9.17, 15) is 4.39 Å². The normalized spacial score (nSPS) is 11.5. The molecule has 1 heteroatoms. The van der Waals surface area contributed by atoms with Gasteiger partial charge in [-0.3, -0.25) is 0 Å². The van der Waals surface area contributed by atoms with Gasteiger partial charge in [-0.15, -0.1) is 0 Å². The summed E-state index contributed by atoms with van der Waals surface area (Å²) in [6, 6.07) is 5.10. The predicted molar refractivity (Wildman–Crippen MR) is 55.0 cm³/mol. The maximum absolute atomic E-state index is 13.1. The molecule has 0 saturated carbocycles. The molecule has 0 aliphatic heterocycles. The van der Waals surface area contributed by atoms with Crippen molar-refractivity contribution in [1.82, 2.24) is 0 Å². The van der Waals surface area contributed by atoms with Gasteiger partial charge in [0.15, 0.2) is 0 Å². The van der Waals surface area contributed by atoms with Gasteiger partial charge < -0.3 is 0 Å². The summed E-state index contributed by atoms with van der Waals surface area (Å²) in [6.45, 7) is 7.34. The molecule has 0 amide bonds. The summed E-state index contributed by atoms with van der Waals surface area (Å²) in [5.74, 6) is -0.158. The Morgan fingerprint density at radius 2 is 2.15 bits per heavy atom. The van der Waals surface area contributed by atoms with Crippen LogP contribution in [0.2, 0.25) is 0 Å². The van der Waals surface area contributed by atoms with Crippen LogP contribution < -0.4 is 0 Å². The number of benzene rings is 1. The van der Waals surface area contributed by atoms with Crippen LogP contribution in [0.3, 0.4) is 0 Å². The van der Waals surface area contributed by atoms with E-state index in [0.717, 1.165) is 11.1 Å². The molecule has 0 fully saturated rings. The Morgan fingerprint density at radius 1 is 1.46 bits per heavy atom. The summed E-state index contributed by atoms with van der Waals surface area (Å²) in [6.07, 6.45) is 3.58. The molecule has 1 aromatic carbocycles. The van der Waals surface area contributed by atoms with E-state index in [0.29, 0.717) is 5.56 Å². The van der Waals surface area contributed by atoms with E-state index in [2.05, 4.69) is 6.58 Å². The van der Waals surface area contributed by atoms with Crippen LogP contribution >= 0.6 is 0 Å². The Labute approximate surface area is 78.4 Å². The summed E-state index contributed by atoms with van der Waals surface area (Å²) in [4.78, 5) is 0. The van der Waals surface area contributed by atoms with Crippen molar-refractivity contribution >= 4 is 5.57 Å². The molecule has 1 aromatic rings. The highest BCUT2D eigenvalue weighted by molar-refractivity contribution is 5.67. The predicted octanol–water partition coefficient (Wildman–Crippen LogP) is 3.72. The zero-order valence-corrected chi connectivity index (χ0v) is 7.97. The van der Waals surface area contributed by atoms with Gasteiger partial charge in [0.05, 0.1) is 0 Å². The van der Waals surface area contributed by atoms with Crippen molar-refractivity contribution < 1.29 is 4.39 Å². The third-order valence-electron chi connectivity index (χ3n) is 2.06. The van der Waals surface area contributed by atoms with Gasteiger partial charge in [0.1, 0.15) is 5.82 Å². The van der Waals surface area contributed by atoms with Gasteiger partial charge in [0.25, 0.3) is 0 Å². The first kappa shape index (κ1) is 9.72. The van der Waals surface area contributed by atoms with Crippen molar-refractivity contribution in [2.45, 2.75) is 13.8 Å². The van der Waals surface area contributed by atoms with Crippen molar-refractivity contribution in [2.75, 3.05) is 0 Å². The monoisotopic (exact) mass is 176 g/mol. The second-order valence-corrected chi connectivity index (χ2v) is 3.00. The van der Waals surface area contributed by atoms with Crippen LogP contribution in [0.1, 0.15) is 18.1 Å². The lowest BCUT2D eigenvalue weighted by Crippen LogP contribution is -1.89. The summed E-state index contributed by atoms with van der Waals surface area (Å²) in [5, 5.41) is 0. The summed E-state index contributed by atoms with van der Waals surface area (Å²) in [7, 11) is 0. The first-order valence-corrected chi connectivity index (χ1v) is 4.21. The molecule has 0 aliphatic rings. The Hall–Kier alpha value is -1.37. The van der Waals surface area contributed by atoms with Crippen molar-refractivity contribution in [3.05, 3.63) is 53.9 Å². The van der Waals surface area contributed by atoms with Crippen LogP contribution in [0, 0.1) is 12.7 Å². The van der Waals surface area contributed by atoms with Crippen LogP contribution in [0.5, 0.6) is 0 Å². The molecule has 0 unspecified atom stereocenters. The zero-order valence-electron chi connectivity index (χ0n) is 7.97. The van der Waals surface area contributed by atoms with E-state index in [1.807, 2.05) is 19.1 Å².